The van der Waals surface area contributed by atoms with Crippen molar-refractivity contribution in [2.24, 2.45) is 0 Å². The lowest BCUT2D eigenvalue weighted by molar-refractivity contribution is 0.602. The van der Waals surface area contributed by atoms with Crippen LogP contribution in [0.3, 0.4) is 0 Å². The average Bonchev–Trinajstić information content (AvgIpc) is 2.57. The van der Waals surface area contributed by atoms with Gasteiger partial charge >= 0.3 is 0 Å². The van der Waals surface area contributed by atoms with E-state index in [2.05, 4.69) is 35.9 Å². The first-order valence-electron chi connectivity index (χ1n) is 7.27. The number of nitrogens with zero attached hydrogens (tertiary/aromatic N) is 2. The zero-order valence-electron chi connectivity index (χ0n) is 12.8. The molecule has 0 fully saturated rings. The molecule has 3 aromatic rings. The van der Waals surface area contributed by atoms with Gasteiger partial charge in [0.25, 0.3) is 10.0 Å². The van der Waals surface area contributed by atoms with Crippen LogP contribution < -0.4 is 10.0 Å². The van der Waals surface area contributed by atoms with E-state index < -0.39 is 10.0 Å². The number of nitrogens with one attached hydrogen (secondary N) is 2. The van der Waals surface area contributed by atoms with Gasteiger partial charge in [-0.1, -0.05) is 24.3 Å². The molecule has 1 aromatic heterocycles. The van der Waals surface area contributed by atoms with E-state index in [1.807, 2.05) is 25.1 Å². The van der Waals surface area contributed by atoms with Gasteiger partial charge in [0.2, 0.25) is 0 Å². The standard InChI is InChI=1S/C16H15BrN4O2S/c1-2-18-13-7-3-6-12-11(13)5-4-8-14(12)24(22,23)21-16-10-19-15(17)9-20-16/h3-10,18H,2H2,1H3,(H,20,21). The Bertz CT molecular complexity index is 975. The first-order valence-corrected chi connectivity index (χ1v) is 9.55. The maximum atomic E-state index is 12.8. The summed E-state index contributed by atoms with van der Waals surface area (Å²) in [7, 11) is -3.78. The maximum absolute atomic E-state index is 12.8. The number of benzene rings is 2. The monoisotopic (exact) mass is 406 g/mol. The quantitative estimate of drug-likeness (QED) is 0.675. The van der Waals surface area contributed by atoms with Crippen molar-refractivity contribution >= 4 is 48.2 Å². The molecule has 0 saturated heterocycles. The Hall–Kier alpha value is -2.19. The van der Waals surface area contributed by atoms with Crippen molar-refractivity contribution in [3.05, 3.63) is 53.4 Å². The van der Waals surface area contributed by atoms with Gasteiger partial charge in [-0.05, 0) is 35.0 Å². The van der Waals surface area contributed by atoms with Gasteiger partial charge in [0, 0.05) is 23.0 Å². The van der Waals surface area contributed by atoms with Crippen LogP contribution in [-0.2, 0) is 10.0 Å². The second-order valence-electron chi connectivity index (χ2n) is 5.02. The van der Waals surface area contributed by atoms with E-state index in [0.717, 1.165) is 17.6 Å². The van der Waals surface area contributed by atoms with Crippen molar-refractivity contribution in [1.29, 1.82) is 0 Å². The summed E-state index contributed by atoms with van der Waals surface area (Å²) < 4.78 is 28.5. The summed E-state index contributed by atoms with van der Waals surface area (Å²) in [5, 5.41) is 4.74. The molecular formula is C16H15BrN4O2S. The molecule has 1 heterocycles. The van der Waals surface area contributed by atoms with Crippen LogP contribution in [0.25, 0.3) is 10.8 Å². The highest BCUT2D eigenvalue weighted by Gasteiger charge is 2.19. The number of aromatic nitrogens is 2. The summed E-state index contributed by atoms with van der Waals surface area (Å²) in [6, 6.07) is 10.7. The van der Waals surface area contributed by atoms with E-state index in [0.29, 0.717) is 9.99 Å². The van der Waals surface area contributed by atoms with Crippen molar-refractivity contribution in [1.82, 2.24) is 9.97 Å². The van der Waals surface area contributed by atoms with E-state index in [4.69, 9.17) is 0 Å². The third kappa shape index (κ3) is 3.34. The molecule has 2 aromatic carbocycles. The minimum atomic E-state index is -3.78. The number of rotatable bonds is 5. The first kappa shape index (κ1) is 16.7. The summed E-state index contributed by atoms with van der Waals surface area (Å²) >= 11 is 3.17. The van der Waals surface area contributed by atoms with Gasteiger partial charge in [-0.3, -0.25) is 4.72 Å². The Morgan fingerprint density at radius 1 is 1.04 bits per heavy atom. The Balaban J connectivity index is 2.07. The fraction of sp³-hybridized carbons (Fsp3) is 0.125. The van der Waals surface area contributed by atoms with Crippen LogP contribution in [0.5, 0.6) is 0 Å². The molecular weight excluding hydrogens is 392 g/mol. The van der Waals surface area contributed by atoms with E-state index in [-0.39, 0.29) is 10.7 Å². The number of hydrogen-bond acceptors (Lipinski definition) is 5. The van der Waals surface area contributed by atoms with E-state index >= 15 is 0 Å². The largest absolute Gasteiger partial charge is 0.385 e. The van der Waals surface area contributed by atoms with E-state index in [1.54, 1.807) is 18.2 Å². The molecule has 0 aliphatic carbocycles. The van der Waals surface area contributed by atoms with Crippen molar-refractivity contribution in [3.63, 3.8) is 0 Å². The van der Waals surface area contributed by atoms with Gasteiger partial charge in [-0.2, -0.15) is 0 Å². The third-order valence-corrected chi connectivity index (χ3v) is 5.22. The van der Waals surface area contributed by atoms with Crippen LogP contribution in [0.15, 0.2) is 58.3 Å². The molecule has 3 rings (SSSR count). The van der Waals surface area contributed by atoms with Crippen molar-refractivity contribution in [2.45, 2.75) is 11.8 Å². The van der Waals surface area contributed by atoms with Gasteiger partial charge in [-0.15, -0.1) is 0 Å². The van der Waals surface area contributed by atoms with Crippen LogP contribution in [0.2, 0.25) is 0 Å². The highest BCUT2D eigenvalue weighted by Crippen LogP contribution is 2.29. The van der Waals surface area contributed by atoms with Gasteiger partial charge in [0.05, 0.1) is 17.3 Å². The van der Waals surface area contributed by atoms with Crippen molar-refractivity contribution in [2.75, 3.05) is 16.6 Å². The fourth-order valence-corrected chi connectivity index (χ4v) is 3.84. The van der Waals surface area contributed by atoms with Crippen LogP contribution >= 0.6 is 15.9 Å². The second kappa shape index (κ2) is 6.74. The highest BCUT2D eigenvalue weighted by molar-refractivity contribution is 9.10. The lowest BCUT2D eigenvalue weighted by atomic mass is 10.1. The fourth-order valence-electron chi connectivity index (χ4n) is 2.42. The summed E-state index contributed by atoms with van der Waals surface area (Å²) in [6.45, 7) is 2.75. The molecule has 8 heteroatoms. The third-order valence-electron chi connectivity index (χ3n) is 3.40. The summed E-state index contributed by atoms with van der Waals surface area (Å²) in [5.74, 6) is 0.165. The maximum Gasteiger partial charge on any atom is 0.263 e. The molecule has 124 valence electrons. The topological polar surface area (TPSA) is 84.0 Å². The normalized spacial score (nSPS) is 11.4. The van der Waals surface area contributed by atoms with Gasteiger partial charge in [-0.25, -0.2) is 18.4 Å². The molecule has 0 radical (unpaired) electrons. The number of sulfonamides is 1. The van der Waals surface area contributed by atoms with Crippen molar-refractivity contribution < 1.29 is 8.42 Å². The van der Waals surface area contributed by atoms with Gasteiger partial charge < -0.3 is 5.32 Å². The van der Waals surface area contributed by atoms with Gasteiger partial charge in [0.15, 0.2) is 5.82 Å². The molecule has 0 aliphatic rings. The predicted octanol–water partition coefficient (Wildman–Crippen LogP) is 3.62. The number of hydrogen-bond donors (Lipinski definition) is 2. The molecule has 0 atom stereocenters. The first-order chi connectivity index (χ1) is 11.5. The summed E-state index contributed by atoms with van der Waals surface area (Å²) in [5.41, 5.74) is 0.899. The predicted molar refractivity (Wildman–Crippen MR) is 98.7 cm³/mol. The SMILES string of the molecule is CCNc1cccc2c(S(=O)(=O)Nc3cnc(Br)cn3)cccc12. The molecule has 6 nitrogen and oxygen atoms in total. The number of anilines is 2. The Kier molecular flexibility index (Phi) is 4.68. The van der Waals surface area contributed by atoms with Crippen LogP contribution in [0.4, 0.5) is 11.5 Å². The van der Waals surface area contributed by atoms with E-state index in [1.165, 1.54) is 12.4 Å². The number of halogens is 1. The molecule has 0 amide bonds. The molecule has 24 heavy (non-hydrogen) atoms. The van der Waals surface area contributed by atoms with Crippen LogP contribution in [-0.4, -0.2) is 24.9 Å². The van der Waals surface area contributed by atoms with Crippen molar-refractivity contribution in [3.8, 4) is 0 Å². The Morgan fingerprint density at radius 2 is 1.79 bits per heavy atom. The van der Waals surface area contributed by atoms with Crippen LogP contribution in [0, 0.1) is 0 Å². The summed E-state index contributed by atoms with van der Waals surface area (Å²) in [4.78, 5) is 8.18. The van der Waals surface area contributed by atoms with Crippen LogP contribution in [0.1, 0.15) is 6.92 Å². The Labute approximate surface area is 148 Å². The molecule has 0 spiro atoms. The van der Waals surface area contributed by atoms with E-state index in [9.17, 15) is 8.42 Å². The molecule has 0 unspecified atom stereocenters. The minimum Gasteiger partial charge on any atom is -0.385 e. The molecule has 2 N–H and O–H groups in total. The average molecular weight is 407 g/mol. The minimum absolute atomic E-state index is 0.165. The highest BCUT2D eigenvalue weighted by atomic mass is 79.9. The lowest BCUT2D eigenvalue weighted by Gasteiger charge is -2.12. The van der Waals surface area contributed by atoms with Gasteiger partial charge in [0.1, 0.15) is 4.60 Å². The second-order valence-corrected chi connectivity index (χ2v) is 7.48. The molecule has 0 aliphatic heterocycles. The Morgan fingerprint density at radius 3 is 2.50 bits per heavy atom. The molecule has 0 bridgehead atoms. The molecule has 0 saturated carbocycles. The summed E-state index contributed by atoms with van der Waals surface area (Å²) in [6.07, 6.45) is 2.79. The zero-order chi connectivity index (χ0) is 17.2. The zero-order valence-corrected chi connectivity index (χ0v) is 15.2. The lowest BCUT2D eigenvalue weighted by Crippen LogP contribution is -2.14. The smallest absolute Gasteiger partial charge is 0.263 e. The number of fused-ring (bicyclic) bond motifs is 1.